The van der Waals surface area contributed by atoms with Crippen LogP contribution in [0.1, 0.15) is 9.67 Å². The van der Waals surface area contributed by atoms with Crippen LogP contribution in [0, 0.1) is 0 Å². The van der Waals surface area contributed by atoms with Gasteiger partial charge in [0.25, 0.3) is 0 Å². The number of carbonyl (C=O) groups excluding carboxylic acids is 1. The van der Waals surface area contributed by atoms with Crippen molar-refractivity contribution in [1.82, 2.24) is 4.98 Å². The molecular formula is C21H14ClNO2S. The van der Waals surface area contributed by atoms with E-state index >= 15 is 0 Å². The molecule has 0 aliphatic carbocycles. The van der Waals surface area contributed by atoms with Crippen LogP contribution in [0.3, 0.4) is 0 Å². The second-order valence-corrected chi connectivity index (χ2v) is 7.16. The fourth-order valence-electron chi connectivity index (χ4n) is 2.92. The molecule has 0 saturated heterocycles. The van der Waals surface area contributed by atoms with Gasteiger partial charge in [-0.15, -0.1) is 11.3 Å². The Balaban J connectivity index is 1.88. The first-order valence-corrected chi connectivity index (χ1v) is 9.19. The van der Waals surface area contributed by atoms with E-state index in [1.807, 2.05) is 36.4 Å². The normalized spacial score (nSPS) is 10.8. The van der Waals surface area contributed by atoms with Crippen molar-refractivity contribution in [2.75, 3.05) is 7.11 Å². The molecule has 0 fully saturated rings. The average molecular weight is 380 g/mol. The lowest BCUT2D eigenvalue weighted by molar-refractivity contribution is 0.0606. The molecular weight excluding hydrogens is 366 g/mol. The number of methoxy groups -OCH3 is 1. The zero-order chi connectivity index (χ0) is 18.1. The van der Waals surface area contributed by atoms with E-state index in [1.165, 1.54) is 18.4 Å². The minimum Gasteiger partial charge on any atom is -0.465 e. The lowest BCUT2D eigenvalue weighted by atomic mass is 9.98. The van der Waals surface area contributed by atoms with Crippen molar-refractivity contribution in [3.63, 3.8) is 0 Å². The minimum absolute atomic E-state index is 0.369. The standard InChI is InChI=1S/C21H14ClNO2S/c1-25-21(24)18-11-16-17(12-23-20(22)19(16)26-18)15-9-5-8-14(10-15)13-6-3-2-4-7-13/h2-12H,1H3. The van der Waals surface area contributed by atoms with Crippen molar-refractivity contribution in [3.8, 4) is 22.3 Å². The van der Waals surface area contributed by atoms with E-state index in [-0.39, 0.29) is 5.97 Å². The Bertz CT molecular complexity index is 1110. The van der Waals surface area contributed by atoms with Gasteiger partial charge in [-0.25, -0.2) is 9.78 Å². The van der Waals surface area contributed by atoms with E-state index in [0.717, 1.165) is 32.3 Å². The maximum Gasteiger partial charge on any atom is 0.348 e. The highest BCUT2D eigenvalue weighted by Crippen LogP contribution is 2.38. The zero-order valence-corrected chi connectivity index (χ0v) is 15.5. The first-order valence-electron chi connectivity index (χ1n) is 7.99. The number of aromatic nitrogens is 1. The topological polar surface area (TPSA) is 39.2 Å². The number of hydrogen-bond acceptors (Lipinski definition) is 4. The Morgan fingerprint density at radius 2 is 1.73 bits per heavy atom. The van der Waals surface area contributed by atoms with Crippen LogP contribution in [-0.4, -0.2) is 18.1 Å². The second-order valence-electron chi connectivity index (χ2n) is 5.75. The molecule has 0 saturated carbocycles. The molecule has 26 heavy (non-hydrogen) atoms. The maximum absolute atomic E-state index is 11.9. The number of thiophene rings is 1. The van der Waals surface area contributed by atoms with Gasteiger partial charge in [-0.3, -0.25) is 0 Å². The quantitative estimate of drug-likeness (QED) is 0.320. The Hall–Kier alpha value is -2.69. The number of nitrogens with zero attached hydrogens (tertiary/aromatic N) is 1. The number of benzene rings is 2. The van der Waals surface area contributed by atoms with Crippen molar-refractivity contribution < 1.29 is 9.53 Å². The molecule has 0 unspecified atom stereocenters. The van der Waals surface area contributed by atoms with E-state index in [4.69, 9.17) is 16.3 Å². The number of esters is 1. The van der Waals surface area contributed by atoms with Crippen molar-refractivity contribution >= 4 is 39.0 Å². The van der Waals surface area contributed by atoms with Gasteiger partial charge in [0.2, 0.25) is 0 Å². The number of pyridine rings is 1. The van der Waals surface area contributed by atoms with Gasteiger partial charge in [-0.2, -0.15) is 0 Å². The van der Waals surface area contributed by atoms with Gasteiger partial charge in [0.05, 0.1) is 11.8 Å². The molecule has 0 radical (unpaired) electrons. The van der Waals surface area contributed by atoms with Crippen LogP contribution in [0.15, 0.2) is 66.9 Å². The predicted molar refractivity (Wildman–Crippen MR) is 107 cm³/mol. The maximum atomic E-state index is 11.9. The molecule has 2 heterocycles. The summed E-state index contributed by atoms with van der Waals surface area (Å²) in [6, 6.07) is 20.3. The van der Waals surface area contributed by atoms with Gasteiger partial charge in [0.15, 0.2) is 0 Å². The van der Waals surface area contributed by atoms with Crippen molar-refractivity contribution in [1.29, 1.82) is 0 Å². The molecule has 0 aliphatic rings. The summed E-state index contributed by atoms with van der Waals surface area (Å²) in [4.78, 5) is 16.7. The first-order chi connectivity index (χ1) is 12.7. The summed E-state index contributed by atoms with van der Waals surface area (Å²) in [7, 11) is 1.37. The van der Waals surface area contributed by atoms with E-state index < -0.39 is 0 Å². The summed E-state index contributed by atoms with van der Waals surface area (Å²) in [5.74, 6) is -0.369. The van der Waals surface area contributed by atoms with E-state index in [2.05, 4.69) is 29.2 Å². The van der Waals surface area contributed by atoms with Gasteiger partial charge in [0.1, 0.15) is 10.0 Å². The molecule has 2 aromatic carbocycles. The highest BCUT2D eigenvalue weighted by molar-refractivity contribution is 7.21. The van der Waals surface area contributed by atoms with Crippen LogP contribution in [0.5, 0.6) is 0 Å². The molecule has 0 N–H and O–H groups in total. The monoisotopic (exact) mass is 379 g/mol. The average Bonchev–Trinajstić information content (AvgIpc) is 3.15. The zero-order valence-electron chi connectivity index (χ0n) is 13.9. The molecule has 4 rings (SSSR count). The van der Waals surface area contributed by atoms with Gasteiger partial charge in [0, 0.05) is 17.1 Å². The van der Waals surface area contributed by atoms with Gasteiger partial charge in [-0.05, 0) is 28.8 Å². The smallest absolute Gasteiger partial charge is 0.348 e. The molecule has 0 spiro atoms. The van der Waals surface area contributed by atoms with Crippen LogP contribution in [0.4, 0.5) is 0 Å². The van der Waals surface area contributed by atoms with Gasteiger partial charge < -0.3 is 4.74 Å². The Morgan fingerprint density at radius 3 is 2.50 bits per heavy atom. The summed E-state index contributed by atoms with van der Waals surface area (Å²) in [6.07, 6.45) is 1.75. The Morgan fingerprint density at radius 1 is 1.00 bits per heavy atom. The van der Waals surface area contributed by atoms with E-state index in [9.17, 15) is 4.79 Å². The largest absolute Gasteiger partial charge is 0.465 e. The third-order valence-corrected chi connectivity index (χ3v) is 5.70. The number of fused-ring (bicyclic) bond motifs is 1. The van der Waals surface area contributed by atoms with Gasteiger partial charge in [-0.1, -0.05) is 60.1 Å². The van der Waals surface area contributed by atoms with Crippen molar-refractivity contribution in [2.45, 2.75) is 0 Å². The predicted octanol–water partition coefficient (Wildman–Crippen LogP) is 6.07. The van der Waals surface area contributed by atoms with Crippen LogP contribution in [0.2, 0.25) is 5.15 Å². The van der Waals surface area contributed by atoms with Crippen molar-refractivity contribution in [3.05, 3.63) is 76.9 Å². The fourth-order valence-corrected chi connectivity index (χ4v) is 4.17. The lowest BCUT2D eigenvalue weighted by Crippen LogP contribution is -1.96. The second kappa shape index (κ2) is 6.90. The number of halogens is 1. The Kier molecular flexibility index (Phi) is 4.45. The summed E-state index contributed by atoms with van der Waals surface area (Å²) in [6.45, 7) is 0. The SMILES string of the molecule is COC(=O)c1cc2c(-c3cccc(-c4ccccc4)c3)cnc(Cl)c2s1. The third kappa shape index (κ3) is 2.98. The number of hydrogen-bond donors (Lipinski definition) is 0. The molecule has 0 bridgehead atoms. The number of ether oxygens (including phenoxy) is 1. The highest BCUT2D eigenvalue weighted by atomic mass is 35.5. The summed E-state index contributed by atoms with van der Waals surface area (Å²) < 4.78 is 5.62. The molecule has 5 heteroatoms. The molecule has 2 aromatic heterocycles. The van der Waals surface area contributed by atoms with Crippen LogP contribution in [-0.2, 0) is 4.74 Å². The van der Waals surface area contributed by atoms with Gasteiger partial charge >= 0.3 is 5.97 Å². The Labute approximate surface area is 159 Å². The number of carbonyl (C=O) groups is 1. The molecule has 0 aliphatic heterocycles. The molecule has 4 aromatic rings. The summed E-state index contributed by atoms with van der Waals surface area (Å²) >= 11 is 7.55. The van der Waals surface area contributed by atoms with Crippen molar-refractivity contribution in [2.24, 2.45) is 0 Å². The molecule has 128 valence electrons. The van der Waals surface area contributed by atoms with Crippen LogP contribution >= 0.6 is 22.9 Å². The molecule has 0 atom stereocenters. The third-order valence-electron chi connectivity index (χ3n) is 4.18. The van der Waals surface area contributed by atoms with Crippen LogP contribution in [0.25, 0.3) is 32.3 Å². The van der Waals surface area contributed by atoms with Crippen LogP contribution < -0.4 is 0 Å². The highest BCUT2D eigenvalue weighted by Gasteiger charge is 2.16. The van der Waals surface area contributed by atoms with E-state index in [0.29, 0.717) is 10.0 Å². The lowest BCUT2D eigenvalue weighted by Gasteiger charge is -2.07. The minimum atomic E-state index is -0.369. The molecule has 3 nitrogen and oxygen atoms in total. The fraction of sp³-hybridized carbons (Fsp3) is 0.0476. The first kappa shape index (κ1) is 16.8. The summed E-state index contributed by atoms with van der Waals surface area (Å²) in [5, 5.41) is 1.30. The van der Waals surface area contributed by atoms with E-state index in [1.54, 1.807) is 6.20 Å². The molecule has 0 amide bonds. The summed E-state index contributed by atoms with van der Waals surface area (Å²) in [5.41, 5.74) is 4.23. The number of rotatable bonds is 3.